The molecule has 1 rings (SSSR count). The molecule has 0 radical (unpaired) electrons. The standard InChI is InChI=1S/C15H25NO/c1-12-5-4-6-15(11-12)8-7-13(2)16-14(3)9-10-17/h4-6,11,13-14,16-17H,7-10H2,1-3H3. The van der Waals surface area contributed by atoms with Crippen molar-refractivity contribution in [2.75, 3.05) is 6.61 Å². The molecule has 0 saturated heterocycles. The lowest BCUT2D eigenvalue weighted by Gasteiger charge is -2.19. The Bertz CT molecular complexity index is 324. The zero-order valence-corrected chi connectivity index (χ0v) is 11.2. The Labute approximate surface area is 105 Å². The number of nitrogens with one attached hydrogen (secondary N) is 1. The summed E-state index contributed by atoms with van der Waals surface area (Å²) in [6, 6.07) is 9.59. The Morgan fingerprint density at radius 1 is 1.18 bits per heavy atom. The van der Waals surface area contributed by atoms with Gasteiger partial charge in [-0.3, -0.25) is 0 Å². The first-order valence-corrected chi connectivity index (χ1v) is 6.54. The van der Waals surface area contributed by atoms with Crippen molar-refractivity contribution in [1.29, 1.82) is 0 Å². The molecule has 2 nitrogen and oxygen atoms in total. The summed E-state index contributed by atoms with van der Waals surface area (Å²) in [7, 11) is 0. The quantitative estimate of drug-likeness (QED) is 0.761. The molecule has 1 aromatic carbocycles. The maximum atomic E-state index is 8.85. The van der Waals surface area contributed by atoms with Gasteiger partial charge in [0.25, 0.3) is 0 Å². The lowest BCUT2D eigenvalue weighted by atomic mass is 10.0. The molecule has 0 aliphatic rings. The first kappa shape index (κ1) is 14.2. The Kier molecular flexibility index (Phi) is 6.23. The van der Waals surface area contributed by atoms with E-state index in [9.17, 15) is 0 Å². The van der Waals surface area contributed by atoms with Gasteiger partial charge in [0, 0.05) is 18.7 Å². The van der Waals surface area contributed by atoms with Crippen LogP contribution in [0.4, 0.5) is 0 Å². The summed E-state index contributed by atoms with van der Waals surface area (Å²) in [5.41, 5.74) is 2.74. The molecule has 2 unspecified atom stereocenters. The molecule has 17 heavy (non-hydrogen) atoms. The van der Waals surface area contributed by atoms with Gasteiger partial charge < -0.3 is 10.4 Å². The van der Waals surface area contributed by atoms with Gasteiger partial charge in [-0.2, -0.15) is 0 Å². The molecule has 0 aliphatic carbocycles. The van der Waals surface area contributed by atoms with Gasteiger partial charge in [-0.05, 0) is 45.6 Å². The second-order valence-corrected chi connectivity index (χ2v) is 5.01. The Hall–Kier alpha value is -0.860. The van der Waals surface area contributed by atoms with Gasteiger partial charge in [-0.15, -0.1) is 0 Å². The van der Waals surface area contributed by atoms with Crippen molar-refractivity contribution in [1.82, 2.24) is 5.32 Å². The van der Waals surface area contributed by atoms with Crippen LogP contribution in [0.5, 0.6) is 0 Å². The average Bonchev–Trinajstić information content (AvgIpc) is 2.27. The number of rotatable bonds is 7. The maximum absolute atomic E-state index is 8.85. The van der Waals surface area contributed by atoms with E-state index in [1.165, 1.54) is 11.1 Å². The highest BCUT2D eigenvalue weighted by molar-refractivity contribution is 5.22. The van der Waals surface area contributed by atoms with Crippen LogP contribution in [0, 0.1) is 6.92 Å². The molecule has 2 atom stereocenters. The molecule has 1 aromatic rings. The van der Waals surface area contributed by atoms with E-state index in [2.05, 4.69) is 50.4 Å². The van der Waals surface area contributed by atoms with Crippen molar-refractivity contribution in [2.45, 2.75) is 52.1 Å². The Morgan fingerprint density at radius 2 is 1.88 bits per heavy atom. The summed E-state index contributed by atoms with van der Waals surface area (Å²) in [6.07, 6.45) is 3.08. The fraction of sp³-hybridized carbons (Fsp3) is 0.600. The van der Waals surface area contributed by atoms with Crippen molar-refractivity contribution in [3.63, 3.8) is 0 Å². The number of hydrogen-bond donors (Lipinski definition) is 2. The molecular weight excluding hydrogens is 210 g/mol. The van der Waals surface area contributed by atoms with E-state index in [1.54, 1.807) is 0 Å². The number of aryl methyl sites for hydroxylation is 2. The van der Waals surface area contributed by atoms with Crippen molar-refractivity contribution in [3.05, 3.63) is 35.4 Å². The second-order valence-electron chi connectivity index (χ2n) is 5.01. The molecule has 0 fully saturated rings. The first-order chi connectivity index (χ1) is 8.11. The van der Waals surface area contributed by atoms with Gasteiger partial charge in [-0.1, -0.05) is 29.8 Å². The highest BCUT2D eigenvalue weighted by atomic mass is 16.3. The second kappa shape index (κ2) is 7.46. The van der Waals surface area contributed by atoms with E-state index in [0.29, 0.717) is 12.1 Å². The van der Waals surface area contributed by atoms with E-state index in [0.717, 1.165) is 19.3 Å². The SMILES string of the molecule is Cc1cccc(CCC(C)NC(C)CCO)c1. The van der Waals surface area contributed by atoms with Crippen LogP contribution in [0.2, 0.25) is 0 Å². The van der Waals surface area contributed by atoms with Crippen LogP contribution in [0.15, 0.2) is 24.3 Å². The van der Waals surface area contributed by atoms with E-state index < -0.39 is 0 Å². The minimum Gasteiger partial charge on any atom is -0.396 e. The largest absolute Gasteiger partial charge is 0.396 e. The third kappa shape index (κ3) is 5.85. The predicted octanol–water partition coefficient (Wildman–Crippen LogP) is 2.68. The number of benzene rings is 1. The highest BCUT2D eigenvalue weighted by Crippen LogP contribution is 2.08. The maximum Gasteiger partial charge on any atom is 0.0445 e. The van der Waals surface area contributed by atoms with Crippen molar-refractivity contribution in [3.8, 4) is 0 Å². The molecule has 0 amide bonds. The fourth-order valence-corrected chi connectivity index (χ4v) is 2.10. The summed E-state index contributed by atoms with van der Waals surface area (Å²) in [5.74, 6) is 0. The highest BCUT2D eigenvalue weighted by Gasteiger charge is 2.06. The molecule has 2 heteroatoms. The minimum absolute atomic E-state index is 0.263. The number of aliphatic hydroxyl groups excluding tert-OH is 1. The lowest BCUT2D eigenvalue weighted by molar-refractivity contribution is 0.263. The molecule has 0 heterocycles. The van der Waals surface area contributed by atoms with Crippen LogP contribution in [0.1, 0.15) is 37.8 Å². The molecular formula is C15H25NO. The molecule has 0 saturated carbocycles. The van der Waals surface area contributed by atoms with Gasteiger partial charge in [0.15, 0.2) is 0 Å². The van der Waals surface area contributed by atoms with E-state index >= 15 is 0 Å². The van der Waals surface area contributed by atoms with Crippen molar-refractivity contribution >= 4 is 0 Å². The molecule has 96 valence electrons. The van der Waals surface area contributed by atoms with Gasteiger partial charge in [0.1, 0.15) is 0 Å². The van der Waals surface area contributed by atoms with Gasteiger partial charge in [0.05, 0.1) is 0 Å². The van der Waals surface area contributed by atoms with E-state index in [4.69, 9.17) is 5.11 Å². The number of aliphatic hydroxyl groups is 1. The molecule has 0 aromatic heterocycles. The van der Waals surface area contributed by atoms with Gasteiger partial charge in [0.2, 0.25) is 0 Å². The van der Waals surface area contributed by atoms with Crippen LogP contribution in [-0.4, -0.2) is 23.8 Å². The lowest BCUT2D eigenvalue weighted by Crippen LogP contribution is -2.35. The third-order valence-corrected chi connectivity index (χ3v) is 3.08. The predicted molar refractivity (Wildman–Crippen MR) is 73.3 cm³/mol. The molecule has 2 N–H and O–H groups in total. The van der Waals surface area contributed by atoms with Crippen LogP contribution in [0.25, 0.3) is 0 Å². The number of hydrogen-bond acceptors (Lipinski definition) is 2. The van der Waals surface area contributed by atoms with Gasteiger partial charge >= 0.3 is 0 Å². The van der Waals surface area contributed by atoms with Gasteiger partial charge in [-0.25, -0.2) is 0 Å². The Balaban J connectivity index is 2.30. The van der Waals surface area contributed by atoms with Crippen LogP contribution < -0.4 is 5.32 Å². The third-order valence-electron chi connectivity index (χ3n) is 3.08. The average molecular weight is 235 g/mol. The summed E-state index contributed by atoms with van der Waals surface area (Å²) in [6.45, 7) is 6.73. The van der Waals surface area contributed by atoms with Crippen LogP contribution >= 0.6 is 0 Å². The minimum atomic E-state index is 0.263. The van der Waals surface area contributed by atoms with Crippen LogP contribution in [0.3, 0.4) is 0 Å². The molecule has 0 bridgehead atoms. The fourth-order valence-electron chi connectivity index (χ4n) is 2.10. The molecule has 0 spiro atoms. The zero-order chi connectivity index (χ0) is 12.7. The normalized spacial score (nSPS) is 14.6. The summed E-state index contributed by atoms with van der Waals surface area (Å²) in [4.78, 5) is 0. The molecule has 0 aliphatic heterocycles. The topological polar surface area (TPSA) is 32.3 Å². The Morgan fingerprint density at radius 3 is 2.53 bits per heavy atom. The monoisotopic (exact) mass is 235 g/mol. The van der Waals surface area contributed by atoms with Crippen molar-refractivity contribution in [2.24, 2.45) is 0 Å². The zero-order valence-electron chi connectivity index (χ0n) is 11.2. The van der Waals surface area contributed by atoms with E-state index in [-0.39, 0.29) is 6.61 Å². The summed E-state index contributed by atoms with van der Waals surface area (Å²) < 4.78 is 0. The van der Waals surface area contributed by atoms with Crippen LogP contribution in [-0.2, 0) is 6.42 Å². The smallest absolute Gasteiger partial charge is 0.0445 e. The van der Waals surface area contributed by atoms with E-state index in [1.807, 2.05) is 0 Å². The summed E-state index contributed by atoms with van der Waals surface area (Å²) in [5, 5.41) is 12.4. The first-order valence-electron chi connectivity index (χ1n) is 6.54. The van der Waals surface area contributed by atoms with Crippen molar-refractivity contribution < 1.29 is 5.11 Å². The summed E-state index contributed by atoms with van der Waals surface area (Å²) >= 11 is 0.